The van der Waals surface area contributed by atoms with E-state index in [9.17, 15) is 0 Å². The number of nitrogens with zero attached hydrogens (tertiary/aromatic N) is 6. The standard InChI is InChI=1S/C17H26N8/c1-3-18-17(21-12-16-22-13-23-24(16)2)20-11-14-6-7-15(19-10-14)25-8-4-5-9-25/h6-7,10,13H,3-5,8-9,11-12H2,1-2H3,(H2,18,20,21). The molecule has 2 N–H and O–H groups in total. The maximum atomic E-state index is 4.62. The number of rotatable bonds is 6. The molecule has 1 aliphatic heterocycles. The van der Waals surface area contributed by atoms with E-state index >= 15 is 0 Å². The van der Waals surface area contributed by atoms with Crippen LogP contribution in [0.2, 0.25) is 0 Å². The average Bonchev–Trinajstić information content (AvgIpc) is 3.30. The van der Waals surface area contributed by atoms with Gasteiger partial charge in [-0.3, -0.25) is 4.68 Å². The van der Waals surface area contributed by atoms with Crippen LogP contribution in [0.4, 0.5) is 5.82 Å². The minimum Gasteiger partial charge on any atom is -0.357 e. The van der Waals surface area contributed by atoms with E-state index in [1.807, 2.05) is 20.2 Å². The van der Waals surface area contributed by atoms with Gasteiger partial charge in [-0.1, -0.05) is 6.07 Å². The number of aryl methyl sites for hydroxylation is 1. The van der Waals surface area contributed by atoms with Crippen molar-refractivity contribution in [2.45, 2.75) is 32.9 Å². The van der Waals surface area contributed by atoms with Crippen LogP contribution in [-0.2, 0) is 20.1 Å². The van der Waals surface area contributed by atoms with Crippen molar-refractivity contribution < 1.29 is 0 Å². The minimum atomic E-state index is 0.578. The van der Waals surface area contributed by atoms with Crippen LogP contribution in [0.15, 0.2) is 29.6 Å². The van der Waals surface area contributed by atoms with E-state index in [0.717, 1.165) is 42.8 Å². The van der Waals surface area contributed by atoms with E-state index in [-0.39, 0.29) is 0 Å². The molecule has 1 aliphatic rings. The molecule has 0 aliphatic carbocycles. The summed E-state index contributed by atoms with van der Waals surface area (Å²) >= 11 is 0. The first kappa shape index (κ1) is 17.2. The summed E-state index contributed by atoms with van der Waals surface area (Å²) in [5.74, 6) is 2.69. The van der Waals surface area contributed by atoms with Gasteiger partial charge in [-0.25, -0.2) is 15.0 Å². The minimum absolute atomic E-state index is 0.578. The van der Waals surface area contributed by atoms with Crippen LogP contribution >= 0.6 is 0 Å². The van der Waals surface area contributed by atoms with Crippen molar-refractivity contribution in [1.82, 2.24) is 30.4 Å². The molecule has 0 spiro atoms. The molecule has 0 saturated carbocycles. The largest absolute Gasteiger partial charge is 0.357 e. The normalized spacial score (nSPS) is 14.8. The molecule has 3 heterocycles. The third-order valence-electron chi connectivity index (χ3n) is 4.22. The van der Waals surface area contributed by atoms with Gasteiger partial charge in [0.25, 0.3) is 0 Å². The van der Waals surface area contributed by atoms with Gasteiger partial charge in [0.2, 0.25) is 0 Å². The Bertz CT molecular complexity index is 685. The Labute approximate surface area is 148 Å². The van der Waals surface area contributed by atoms with Gasteiger partial charge in [-0.15, -0.1) is 0 Å². The molecule has 0 aromatic carbocycles. The van der Waals surface area contributed by atoms with Crippen LogP contribution in [0.1, 0.15) is 31.2 Å². The molecule has 0 unspecified atom stereocenters. The third kappa shape index (κ3) is 4.68. The summed E-state index contributed by atoms with van der Waals surface area (Å²) < 4.78 is 1.75. The Morgan fingerprint density at radius 1 is 1.20 bits per heavy atom. The number of hydrogen-bond acceptors (Lipinski definition) is 5. The van der Waals surface area contributed by atoms with E-state index in [1.54, 1.807) is 11.0 Å². The summed E-state index contributed by atoms with van der Waals surface area (Å²) in [5.41, 5.74) is 1.10. The molecule has 0 atom stereocenters. The van der Waals surface area contributed by atoms with Crippen LogP contribution in [0, 0.1) is 0 Å². The molecule has 1 fully saturated rings. The second kappa shape index (κ2) is 8.46. The van der Waals surface area contributed by atoms with Gasteiger partial charge in [0.1, 0.15) is 18.0 Å². The molecular formula is C17H26N8. The summed E-state index contributed by atoms with van der Waals surface area (Å²) in [6, 6.07) is 4.20. The molecule has 1 saturated heterocycles. The van der Waals surface area contributed by atoms with Gasteiger partial charge < -0.3 is 15.5 Å². The summed E-state index contributed by atoms with van der Waals surface area (Å²) in [5, 5.41) is 10.6. The monoisotopic (exact) mass is 342 g/mol. The van der Waals surface area contributed by atoms with Crippen LogP contribution in [0.5, 0.6) is 0 Å². The zero-order valence-corrected chi connectivity index (χ0v) is 14.9. The molecule has 2 aromatic heterocycles. The highest BCUT2D eigenvalue weighted by molar-refractivity contribution is 5.79. The van der Waals surface area contributed by atoms with E-state index in [0.29, 0.717) is 13.1 Å². The predicted molar refractivity (Wildman–Crippen MR) is 98.3 cm³/mol. The van der Waals surface area contributed by atoms with Crippen LogP contribution in [0.25, 0.3) is 0 Å². The van der Waals surface area contributed by atoms with Crippen LogP contribution in [-0.4, -0.2) is 45.3 Å². The van der Waals surface area contributed by atoms with Gasteiger partial charge in [-0.05, 0) is 31.4 Å². The molecule has 3 rings (SSSR count). The van der Waals surface area contributed by atoms with Gasteiger partial charge in [0.15, 0.2) is 5.96 Å². The highest BCUT2D eigenvalue weighted by atomic mass is 15.3. The second-order valence-corrected chi connectivity index (χ2v) is 6.07. The number of nitrogens with one attached hydrogen (secondary N) is 2. The van der Waals surface area contributed by atoms with Crippen molar-refractivity contribution in [3.63, 3.8) is 0 Å². The van der Waals surface area contributed by atoms with Crippen molar-refractivity contribution in [2.24, 2.45) is 12.0 Å². The molecule has 0 bridgehead atoms. The SMILES string of the molecule is CCNC(=NCc1ccc(N2CCCC2)nc1)NCc1ncnn1C. The number of pyridine rings is 1. The quantitative estimate of drug-likeness (QED) is 0.603. The molecule has 0 amide bonds. The predicted octanol–water partition coefficient (Wildman–Crippen LogP) is 1.07. The molecule has 8 nitrogen and oxygen atoms in total. The Balaban J connectivity index is 1.57. The Morgan fingerprint density at radius 3 is 2.68 bits per heavy atom. The van der Waals surface area contributed by atoms with Crippen LogP contribution in [0.3, 0.4) is 0 Å². The van der Waals surface area contributed by atoms with Gasteiger partial charge in [0, 0.05) is 32.9 Å². The first-order valence-electron chi connectivity index (χ1n) is 8.81. The van der Waals surface area contributed by atoms with Crippen molar-refractivity contribution >= 4 is 11.8 Å². The Kier molecular flexibility index (Phi) is 5.81. The summed E-state index contributed by atoms with van der Waals surface area (Å²) in [4.78, 5) is 15.7. The second-order valence-electron chi connectivity index (χ2n) is 6.07. The lowest BCUT2D eigenvalue weighted by Crippen LogP contribution is -2.37. The number of hydrogen-bond donors (Lipinski definition) is 2. The van der Waals surface area contributed by atoms with Crippen molar-refractivity contribution in [3.8, 4) is 0 Å². The van der Waals surface area contributed by atoms with E-state index in [4.69, 9.17) is 0 Å². The molecule has 0 radical (unpaired) electrons. The maximum absolute atomic E-state index is 4.62. The maximum Gasteiger partial charge on any atom is 0.191 e. The molecule has 25 heavy (non-hydrogen) atoms. The zero-order valence-electron chi connectivity index (χ0n) is 14.9. The smallest absolute Gasteiger partial charge is 0.191 e. The molecular weight excluding hydrogens is 316 g/mol. The highest BCUT2D eigenvalue weighted by Crippen LogP contribution is 2.17. The van der Waals surface area contributed by atoms with Crippen molar-refractivity contribution in [2.75, 3.05) is 24.5 Å². The van der Waals surface area contributed by atoms with Gasteiger partial charge in [0.05, 0.1) is 13.1 Å². The fourth-order valence-corrected chi connectivity index (χ4v) is 2.80. The fraction of sp³-hybridized carbons (Fsp3) is 0.529. The Hall–Kier alpha value is -2.64. The molecule has 134 valence electrons. The van der Waals surface area contributed by atoms with Crippen molar-refractivity contribution in [1.29, 1.82) is 0 Å². The fourth-order valence-electron chi connectivity index (χ4n) is 2.80. The lowest BCUT2D eigenvalue weighted by Gasteiger charge is -2.16. The van der Waals surface area contributed by atoms with Gasteiger partial charge in [-0.2, -0.15) is 5.10 Å². The number of aliphatic imine (C=N–C) groups is 1. The highest BCUT2D eigenvalue weighted by Gasteiger charge is 2.12. The summed E-state index contributed by atoms with van der Waals surface area (Å²) in [7, 11) is 1.88. The van der Waals surface area contributed by atoms with Crippen molar-refractivity contribution in [3.05, 3.63) is 36.0 Å². The zero-order chi connectivity index (χ0) is 17.5. The van der Waals surface area contributed by atoms with E-state index in [2.05, 4.69) is 47.7 Å². The summed E-state index contributed by atoms with van der Waals surface area (Å²) in [6.07, 6.45) is 5.99. The first-order valence-corrected chi connectivity index (χ1v) is 8.81. The lowest BCUT2D eigenvalue weighted by molar-refractivity contribution is 0.673. The van der Waals surface area contributed by atoms with Crippen LogP contribution < -0.4 is 15.5 Å². The Morgan fingerprint density at radius 2 is 2.04 bits per heavy atom. The van der Waals surface area contributed by atoms with E-state index in [1.165, 1.54) is 12.8 Å². The van der Waals surface area contributed by atoms with E-state index < -0.39 is 0 Å². The lowest BCUT2D eigenvalue weighted by atomic mass is 10.3. The summed E-state index contributed by atoms with van der Waals surface area (Å²) in [6.45, 7) is 6.24. The number of anilines is 1. The topological polar surface area (TPSA) is 83.3 Å². The average molecular weight is 342 g/mol. The number of guanidine groups is 1. The molecule has 2 aromatic rings. The third-order valence-corrected chi connectivity index (χ3v) is 4.22. The first-order chi connectivity index (χ1) is 12.3. The number of aromatic nitrogens is 4. The molecule has 8 heteroatoms. The van der Waals surface area contributed by atoms with Gasteiger partial charge >= 0.3 is 0 Å².